The first-order valence-electron chi connectivity index (χ1n) is 15.4. The molecule has 1 rings (SSSR count). The molecule has 1 heterocycles. The van der Waals surface area contributed by atoms with Crippen molar-refractivity contribution >= 4 is 0 Å². The molecule has 0 N–H and O–H groups in total. The van der Waals surface area contributed by atoms with E-state index in [1.54, 1.807) is 5.69 Å². The summed E-state index contributed by atoms with van der Waals surface area (Å²) >= 11 is 0. The summed E-state index contributed by atoms with van der Waals surface area (Å²) in [5.74, 6) is 0. The van der Waals surface area contributed by atoms with Crippen LogP contribution in [0.3, 0.4) is 0 Å². The zero-order valence-corrected chi connectivity index (χ0v) is 22.9. The van der Waals surface area contributed by atoms with Crippen molar-refractivity contribution in [2.45, 2.75) is 174 Å². The van der Waals surface area contributed by atoms with Crippen LogP contribution in [-0.2, 0) is 13.0 Å². The predicted octanol–water partition coefficient (Wildman–Crippen LogP) is 10.5. The van der Waals surface area contributed by atoms with Crippen LogP contribution in [0.25, 0.3) is 0 Å². The summed E-state index contributed by atoms with van der Waals surface area (Å²) in [7, 11) is 0. The zero-order valence-electron chi connectivity index (χ0n) is 22.9. The molecular weight excluding hydrogens is 398 g/mol. The minimum absolute atomic E-state index is 1.21. The van der Waals surface area contributed by atoms with Crippen LogP contribution in [0.1, 0.15) is 167 Å². The third-order valence-corrected chi connectivity index (χ3v) is 7.32. The molecule has 0 saturated heterocycles. The van der Waals surface area contributed by atoms with Gasteiger partial charge in [0.05, 0.1) is 0 Å². The van der Waals surface area contributed by atoms with Gasteiger partial charge in [-0.3, -0.25) is 0 Å². The molecule has 192 valence electrons. The van der Waals surface area contributed by atoms with Gasteiger partial charge < -0.3 is 0 Å². The lowest BCUT2D eigenvalue weighted by molar-refractivity contribution is -0.704. The Hall–Kier alpha value is -0.850. The van der Waals surface area contributed by atoms with E-state index in [0.717, 1.165) is 0 Å². The van der Waals surface area contributed by atoms with Gasteiger partial charge in [0.25, 0.3) is 0 Å². The first kappa shape index (κ1) is 30.2. The van der Waals surface area contributed by atoms with Gasteiger partial charge in [0.1, 0.15) is 6.54 Å². The van der Waals surface area contributed by atoms with Gasteiger partial charge in [0, 0.05) is 25.0 Å². The Bertz CT molecular complexity index is 509. The topological polar surface area (TPSA) is 3.88 Å². The molecule has 0 aromatic carbocycles. The van der Waals surface area contributed by atoms with Gasteiger partial charge in [-0.1, -0.05) is 148 Å². The minimum atomic E-state index is 1.21. The Kier molecular flexibility index (Phi) is 22.2. The smallest absolute Gasteiger partial charge is 0.181 e. The van der Waals surface area contributed by atoms with E-state index in [0.29, 0.717) is 0 Å². The number of aryl methyl sites for hydroxylation is 2. The molecule has 0 radical (unpaired) electrons. The lowest BCUT2D eigenvalue weighted by Gasteiger charge is -2.05. The highest BCUT2D eigenvalue weighted by molar-refractivity contribution is 4.97. The van der Waals surface area contributed by atoms with Crippen LogP contribution in [0.5, 0.6) is 0 Å². The second-order valence-electron chi connectivity index (χ2n) is 10.6. The van der Waals surface area contributed by atoms with Crippen molar-refractivity contribution in [2.24, 2.45) is 0 Å². The molecule has 0 unspecified atom stereocenters. The molecule has 0 amide bonds. The third kappa shape index (κ3) is 19.2. The maximum absolute atomic E-state index is 2.53. The SMILES string of the molecule is CCCCCCCCCCCCCCCCCc1cccc[n+]1CCCCCCCCCC. The zero-order chi connectivity index (χ0) is 23.7. The van der Waals surface area contributed by atoms with E-state index in [4.69, 9.17) is 0 Å². The summed E-state index contributed by atoms with van der Waals surface area (Å²) in [4.78, 5) is 0. The highest BCUT2D eigenvalue weighted by Crippen LogP contribution is 2.14. The van der Waals surface area contributed by atoms with Crippen LogP contribution < -0.4 is 4.57 Å². The van der Waals surface area contributed by atoms with Gasteiger partial charge in [-0.15, -0.1) is 0 Å². The molecule has 0 saturated carbocycles. The fourth-order valence-corrected chi connectivity index (χ4v) is 5.05. The first-order valence-corrected chi connectivity index (χ1v) is 15.4. The summed E-state index contributed by atoms with van der Waals surface area (Å²) in [6.45, 7) is 5.81. The molecule has 0 aliphatic carbocycles. The van der Waals surface area contributed by atoms with Crippen molar-refractivity contribution in [1.29, 1.82) is 0 Å². The predicted molar refractivity (Wildman–Crippen MR) is 148 cm³/mol. The molecule has 0 aliphatic rings. The Morgan fingerprint density at radius 1 is 0.455 bits per heavy atom. The van der Waals surface area contributed by atoms with E-state index < -0.39 is 0 Å². The van der Waals surface area contributed by atoms with E-state index in [1.165, 1.54) is 161 Å². The third-order valence-electron chi connectivity index (χ3n) is 7.32. The number of aromatic nitrogens is 1. The molecular formula is C32H60N+. The molecule has 1 nitrogen and oxygen atoms in total. The molecule has 0 fully saturated rings. The molecule has 1 aromatic heterocycles. The monoisotopic (exact) mass is 458 g/mol. The van der Waals surface area contributed by atoms with Gasteiger partial charge in [0.2, 0.25) is 0 Å². The molecule has 0 bridgehead atoms. The van der Waals surface area contributed by atoms with E-state index in [2.05, 4.69) is 42.8 Å². The summed E-state index contributed by atoms with van der Waals surface area (Å²) in [6, 6.07) is 6.79. The van der Waals surface area contributed by atoms with Crippen LogP contribution in [0.4, 0.5) is 0 Å². The maximum Gasteiger partial charge on any atom is 0.181 e. The lowest BCUT2D eigenvalue weighted by atomic mass is 10.0. The van der Waals surface area contributed by atoms with E-state index in [1.807, 2.05) is 0 Å². The Morgan fingerprint density at radius 2 is 0.848 bits per heavy atom. The molecule has 33 heavy (non-hydrogen) atoms. The number of hydrogen-bond donors (Lipinski definition) is 0. The van der Waals surface area contributed by atoms with Crippen molar-refractivity contribution in [3.8, 4) is 0 Å². The average Bonchev–Trinajstić information content (AvgIpc) is 2.84. The normalized spacial score (nSPS) is 11.3. The number of hydrogen-bond acceptors (Lipinski definition) is 0. The number of pyridine rings is 1. The van der Waals surface area contributed by atoms with Crippen molar-refractivity contribution in [1.82, 2.24) is 0 Å². The van der Waals surface area contributed by atoms with Crippen molar-refractivity contribution in [3.05, 3.63) is 30.1 Å². The first-order chi connectivity index (χ1) is 16.4. The summed E-state index contributed by atoms with van der Waals surface area (Å²) in [5.41, 5.74) is 1.55. The summed E-state index contributed by atoms with van der Waals surface area (Å²) in [6.07, 6.45) is 36.5. The second-order valence-corrected chi connectivity index (χ2v) is 10.6. The van der Waals surface area contributed by atoms with E-state index in [-0.39, 0.29) is 0 Å². The van der Waals surface area contributed by atoms with Gasteiger partial charge in [-0.25, -0.2) is 4.57 Å². The Morgan fingerprint density at radius 3 is 1.30 bits per heavy atom. The van der Waals surface area contributed by atoms with Gasteiger partial charge >= 0.3 is 0 Å². The fourth-order valence-electron chi connectivity index (χ4n) is 5.05. The van der Waals surface area contributed by atoms with Crippen LogP contribution in [0, 0.1) is 0 Å². The number of rotatable bonds is 25. The van der Waals surface area contributed by atoms with E-state index in [9.17, 15) is 0 Å². The molecule has 1 heteroatoms. The van der Waals surface area contributed by atoms with Crippen LogP contribution in [0.15, 0.2) is 24.4 Å². The molecule has 0 spiro atoms. The average molecular weight is 459 g/mol. The summed E-state index contributed by atoms with van der Waals surface area (Å²) < 4.78 is 2.53. The quantitative estimate of drug-likeness (QED) is 0.101. The number of unbranched alkanes of at least 4 members (excludes halogenated alkanes) is 21. The van der Waals surface area contributed by atoms with Crippen molar-refractivity contribution in [3.63, 3.8) is 0 Å². The molecule has 0 aliphatic heterocycles. The van der Waals surface area contributed by atoms with Crippen LogP contribution in [-0.4, -0.2) is 0 Å². The van der Waals surface area contributed by atoms with Gasteiger partial charge in [-0.2, -0.15) is 0 Å². The largest absolute Gasteiger partial charge is 0.202 e. The highest BCUT2D eigenvalue weighted by Gasteiger charge is 2.08. The number of nitrogens with zero attached hydrogens (tertiary/aromatic N) is 1. The van der Waals surface area contributed by atoms with Gasteiger partial charge in [0.15, 0.2) is 11.9 Å². The lowest BCUT2D eigenvalue weighted by Crippen LogP contribution is -2.37. The van der Waals surface area contributed by atoms with E-state index >= 15 is 0 Å². The Labute approximate surface area is 209 Å². The molecule has 0 atom stereocenters. The molecule has 1 aromatic rings. The van der Waals surface area contributed by atoms with Gasteiger partial charge in [-0.05, 0) is 12.8 Å². The Balaban J connectivity index is 1.94. The van der Waals surface area contributed by atoms with Crippen molar-refractivity contribution in [2.75, 3.05) is 0 Å². The summed E-state index contributed by atoms with van der Waals surface area (Å²) in [5, 5.41) is 0. The second kappa shape index (κ2) is 24.3. The van der Waals surface area contributed by atoms with Crippen molar-refractivity contribution < 1.29 is 4.57 Å². The maximum atomic E-state index is 2.53. The fraction of sp³-hybridized carbons (Fsp3) is 0.844. The minimum Gasteiger partial charge on any atom is -0.202 e. The van der Waals surface area contributed by atoms with Crippen LogP contribution >= 0.6 is 0 Å². The highest BCUT2D eigenvalue weighted by atomic mass is 14.9. The standard InChI is InChI=1S/C32H60N/c1-3-5-7-9-11-13-14-15-16-17-18-19-20-22-24-28-32-29-25-27-31-33(32)30-26-23-21-12-10-8-6-4-2/h25,27,29,31H,3-24,26,28,30H2,1-2H3/q+1. The van der Waals surface area contributed by atoms with Crippen LogP contribution in [0.2, 0.25) is 0 Å².